The molecule has 0 spiro atoms. The molecule has 2 rings (SSSR count). The number of rotatable bonds is 4. The summed E-state index contributed by atoms with van der Waals surface area (Å²) < 4.78 is 0. The van der Waals surface area contributed by atoms with E-state index in [4.69, 9.17) is 5.73 Å². The third-order valence-electron chi connectivity index (χ3n) is 3.53. The van der Waals surface area contributed by atoms with E-state index in [-0.39, 0.29) is 11.8 Å². The quantitative estimate of drug-likeness (QED) is 0.726. The molecule has 0 aliphatic carbocycles. The van der Waals surface area contributed by atoms with Crippen LogP contribution in [-0.2, 0) is 11.3 Å². The number of hydrogen-bond acceptors (Lipinski definition) is 3. The van der Waals surface area contributed by atoms with Crippen LogP contribution < -0.4 is 16.4 Å². The van der Waals surface area contributed by atoms with Crippen molar-refractivity contribution in [3.05, 3.63) is 35.4 Å². The molecule has 5 heteroatoms. The fourth-order valence-corrected chi connectivity index (χ4v) is 2.32. The van der Waals surface area contributed by atoms with Gasteiger partial charge in [0.25, 0.3) is 0 Å². The number of carbonyl (C=O) groups excluding carboxylic acids is 2. The summed E-state index contributed by atoms with van der Waals surface area (Å²) in [6.07, 6.45) is 0. The first kappa shape index (κ1) is 13.5. The van der Waals surface area contributed by atoms with E-state index in [0.717, 1.165) is 18.7 Å². The molecule has 2 amide bonds. The molecule has 0 saturated carbocycles. The lowest BCUT2D eigenvalue weighted by molar-refractivity contribution is -0.125. The van der Waals surface area contributed by atoms with Gasteiger partial charge in [0.15, 0.2) is 0 Å². The van der Waals surface area contributed by atoms with Crippen molar-refractivity contribution in [2.75, 3.05) is 13.1 Å². The second-order valence-corrected chi connectivity index (χ2v) is 5.02. The topological polar surface area (TPSA) is 84.2 Å². The molecule has 1 aliphatic heterocycles. The Morgan fingerprint density at radius 2 is 2.21 bits per heavy atom. The van der Waals surface area contributed by atoms with Gasteiger partial charge in [-0.1, -0.05) is 19.1 Å². The normalized spacial score (nSPS) is 22.2. The zero-order chi connectivity index (χ0) is 13.8. The first-order chi connectivity index (χ1) is 9.08. The molecule has 19 heavy (non-hydrogen) atoms. The third kappa shape index (κ3) is 3.32. The van der Waals surface area contributed by atoms with E-state index in [1.54, 1.807) is 18.2 Å². The first-order valence-electron chi connectivity index (χ1n) is 6.45. The van der Waals surface area contributed by atoms with Crippen LogP contribution in [0.25, 0.3) is 0 Å². The summed E-state index contributed by atoms with van der Waals surface area (Å²) in [5, 5.41) is 6.11. The second kappa shape index (κ2) is 5.84. The minimum atomic E-state index is -0.457. The average Bonchev–Trinajstić information content (AvgIpc) is 2.82. The van der Waals surface area contributed by atoms with Crippen LogP contribution in [0.4, 0.5) is 0 Å². The number of nitrogens with one attached hydrogen (secondary N) is 2. The minimum Gasteiger partial charge on any atom is -0.366 e. The Bertz CT molecular complexity index is 487. The average molecular weight is 261 g/mol. The van der Waals surface area contributed by atoms with Gasteiger partial charge in [0.2, 0.25) is 11.8 Å². The Labute approximate surface area is 112 Å². The summed E-state index contributed by atoms with van der Waals surface area (Å²) >= 11 is 0. The maximum atomic E-state index is 12.0. The van der Waals surface area contributed by atoms with Crippen LogP contribution in [0.15, 0.2) is 24.3 Å². The SMILES string of the molecule is C[C@@H]1CNC[C@H]1C(=O)NCc1cccc(C(N)=O)c1. The number of benzene rings is 1. The smallest absolute Gasteiger partial charge is 0.248 e. The summed E-state index contributed by atoms with van der Waals surface area (Å²) in [5.41, 5.74) is 6.56. The van der Waals surface area contributed by atoms with Gasteiger partial charge >= 0.3 is 0 Å². The van der Waals surface area contributed by atoms with Gasteiger partial charge in [-0.15, -0.1) is 0 Å². The fourth-order valence-electron chi connectivity index (χ4n) is 2.32. The van der Waals surface area contributed by atoms with Crippen molar-refractivity contribution in [3.8, 4) is 0 Å². The zero-order valence-electron chi connectivity index (χ0n) is 11.0. The second-order valence-electron chi connectivity index (χ2n) is 5.02. The molecule has 1 aromatic carbocycles. The van der Waals surface area contributed by atoms with Crippen molar-refractivity contribution in [1.29, 1.82) is 0 Å². The van der Waals surface area contributed by atoms with E-state index in [1.807, 2.05) is 6.07 Å². The van der Waals surface area contributed by atoms with Crippen LogP contribution in [0.1, 0.15) is 22.8 Å². The van der Waals surface area contributed by atoms with Crippen LogP contribution in [0.2, 0.25) is 0 Å². The van der Waals surface area contributed by atoms with Gasteiger partial charge < -0.3 is 16.4 Å². The highest BCUT2D eigenvalue weighted by Gasteiger charge is 2.29. The monoisotopic (exact) mass is 261 g/mol. The molecular formula is C14H19N3O2. The summed E-state index contributed by atoms with van der Waals surface area (Å²) in [6, 6.07) is 7.00. The predicted molar refractivity (Wildman–Crippen MR) is 72.3 cm³/mol. The Morgan fingerprint density at radius 1 is 1.42 bits per heavy atom. The van der Waals surface area contributed by atoms with E-state index in [9.17, 15) is 9.59 Å². The summed E-state index contributed by atoms with van der Waals surface area (Å²) in [7, 11) is 0. The van der Waals surface area contributed by atoms with Crippen LogP contribution in [-0.4, -0.2) is 24.9 Å². The van der Waals surface area contributed by atoms with Gasteiger partial charge in [-0.2, -0.15) is 0 Å². The number of hydrogen-bond donors (Lipinski definition) is 3. The molecule has 1 saturated heterocycles. The maximum absolute atomic E-state index is 12.0. The molecule has 1 heterocycles. The highest BCUT2D eigenvalue weighted by atomic mass is 16.2. The molecule has 102 valence electrons. The Kier molecular flexibility index (Phi) is 4.16. The highest BCUT2D eigenvalue weighted by Crippen LogP contribution is 2.16. The Morgan fingerprint density at radius 3 is 2.84 bits per heavy atom. The molecule has 1 aromatic rings. The van der Waals surface area contributed by atoms with E-state index in [1.165, 1.54) is 0 Å². The van der Waals surface area contributed by atoms with E-state index >= 15 is 0 Å². The van der Waals surface area contributed by atoms with Crippen LogP contribution in [0.5, 0.6) is 0 Å². The summed E-state index contributed by atoms with van der Waals surface area (Å²) in [4.78, 5) is 23.1. The molecule has 1 fully saturated rings. The van der Waals surface area contributed by atoms with Gasteiger partial charge in [0.1, 0.15) is 0 Å². The molecule has 0 unspecified atom stereocenters. The Hall–Kier alpha value is -1.88. The van der Waals surface area contributed by atoms with Crippen molar-refractivity contribution < 1.29 is 9.59 Å². The molecule has 2 atom stereocenters. The molecule has 0 bridgehead atoms. The van der Waals surface area contributed by atoms with Crippen LogP contribution in [0.3, 0.4) is 0 Å². The summed E-state index contributed by atoms with van der Waals surface area (Å²) in [6.45, 7) is 4.10. The van der Waals surface area contributed by atoms with Crippen molar-refractivity contribution in [2.45, 2.75) is 13.5 Å². The predicted octanol–water partition coefficient (Wildman–Crippen LogP) is 0.257. The van der Waals surface area contributed by atoms with Crippen molar-refractivity contribution in [1.82, 2.24) is 10.6 Å². The molecule has 1 aliphatic rings. The first-order valence-corrected chi connectivity index (χ1v) is 6.45. The highest BCUT2D eigenvalue weighted by molar-refractivity contribution is 5.92. The molecular weight excluding hydrogens is 242 g/mol. The molecule has 0 radical (unpaired) electrons. The molecule has 0 aromatic heterocycles. The fraction of sp³-hybridized carbons (Fsp3) is 0.429. The van der Waals surface area contributed by atoms with Crippen molar-refractivity contribution in [2.24, 2.45) is 17.6 Å². The minimum absolute atomic E-state index is 0.0272. The standard InChI is InChI=1S/C14H19N3O2/c1-9-6-16-8-12(9)14(19)17-7-10-3-2-4-11(5-10)13(15)18/h2-5,9,12,16H,6-8H2,1H3,(H2,15,18)(H,17,19)/t9-,12-/m1/s1. The largest absolute Gasteiger partial charge is 0.366 e. The molecule has 5 nitrogen and oxygen atoms in total. The van der Waals surface area contributed by atoms with Crippen LogP contribution >= 0.6 is 0 Å². The van der Waals surface area contributed by atoms with Crippen molar-refractivity contribution in [3.63, 3.8) is 0 Å². The van der Waals surface area contributed by atoms with E-state index < -0.39 is 5.91 Å². The van der Waals surface area contributed by atoms with Gasteiger partial charge in [0.05, 0.1) is 5.92 Å². The van der Waals surface area contributed by atoms with E-state index in [0.29, 0.717) is 18.0 Å². The lowest BCUT2D eigenvalue weighted by Crippen LogP contribution is -2.33. The molecule has 4 N–H and O–H groups in total. The van der Waals surface area contributed by atoms with Gasteiger partial charge in [0, 0.05) is 18.7 Å². The van der Waals surface area contributed by atoms with Gasteiger partial charge in [-0.05, 0) is 30.2 Å². The number of amides is 2. The number of carbonyl (C=O) groups is 2. The Balaban J connectivity index is 1.93. The maximum Gasteiger partial charge on any atom is 0.248 e. The lowest BCUT2D eigenvalue weighted by Gasteiger charge is -2.14. The third-order valence-corrected chi connectivity index (χ3v) is 3.53. The number of primary amides is 1. The van der Waals surface area contributed by atoms with Gasteiger partial charge in [-0.25, -0.2) is 0 Å². The zero-order valence-corrected chi connectivity index (χ0v) is 11.0. The number of nitrogens with two attached hydrogens (primary N) is 1. The lowest BCUT2D eigenvalue weighted by atomic mass is 9.97. The summed E-state index contributed by atoms with van der Waals surface area (Å²) in [5.74, 6) is -0.0138. The van der Waals surface area contributed by atoms with E-state index in [2.05, 4.69) is 17.6 Å². The van der Waals surface area contributed by atoms with Crippen LogP contribution in [0, 0.1) is 11.8 Å². The van der Waals surface area contributed by atoms with Crippen molar-refractivity contribution >= 4 is 11.8 Å². The van der Waals surface area contributed by atoms with Gasteiger partial charge in [-0.3, -0.25) is 9.59 Å².